The Morgan fingerprint density at radius 2 is 1.92 bits per heavy atom. The van der Waals surface area contributed by atoms with Crippen LogP contribution in [0.2, 0.25) is 0 Å². The molecule has 24 heavy (non-hydrogen) atoms. The lowest BCUT2D eigenvalue weighted by molar-refractivity contribution is -0.137. The molecular formula is C18H19F3N2O. The van der Waals surface area contributed by atoms with Crippen molar-refractivity contribution in [3.05, 3.63) is 53.9 Å². The van der Waals surface area contributed by atoms with Gasteiger partial charge in [0.2, 0.25) is 0 Å². The third-order valence-corrected chi connectivity index (χ3v) is 3.53. The minimum absolute atomic E-state index is 0.281. The Bertz CT molecular complexity index is 711. The summed E-state index contributed by atoms with van der Waals surface area (Å²) in [6.45, 7) is 4.66. The number of carbonyl (C=O) groups excluding carboxylic acids is 1. The number of aromatic nitrogens is 1. The zero-order chi connectivity index (χ0) is 17.7. The maximum Gasteiger partial charge on any atom is 0.416 e. The topological polar surface area (TPSA) is 42.0 Å². The smallest absolute Gasteiger partial charge is 0.352 e. The van der Waals surface area contributed by atoms with Crippen LogP contribution in [-0.2, 0) is 6.18 Å². The van der Waals surface area contributed by atoms with Gasteiger partial charge >= 0.3 is 6.18 Å². The molecule has 0 bridgehead atoms. The molecule has 0 aliphatic rings. The van der Waals surface area contributed by atoms with Gasteiger partial charge in [0, 0.05) is 24.5 Å². The average Bonchev–Trinajstić information content (AvgIpc) is 2.54. The molecule has 6 heteroatoms. The van der Waals surface area contributed by atoms with Crippen molar-refractivity contribution in [1.29, 1.82) is 0 Å². The van der Waals surface area contributed by atoms with Crippen LogP contribution in [0.25, 0.3) is 11.1 Å². The highest BCUT2D eigenvalue weighted by Gasteiger charge is 2.30. The molecule has 0 unspecified atom stereocenters. The van der Waals surface area contributed by atoms with Crippen LogP contribution >= 0.6 is 0 Å². The number of nitrogens with zero attached hydrogens (tertiary/aromatic N) is 1. The fourth-order valence-electron chi connectivity index (χ4n) is 2.17. The first-order valence-corrected chi connectivity index (χ1v) is 7.68. The van der Waals surface area contributed by atoms with Gasteiger partial charge in [0.15, 0.2) is 0 Å². The van der Waals surface area contributed by atoms with E-state index in [2.05, 4.69) is 24.1 Å². The molecule has 1 heterocycles. The summed E-state index contributed by atoms with van der Waals surface area (Å²) in [6.07, 6.45) is -0.704. The van der Waals surface area contributed by atoms with Gasteiger partial charge in [-0.3, -0.25) is 9.78 Å². The van der Waals surface area contributed by atoms with E-state index in [1.54, 1.807) is 12.1 Å². The number of hydrogen-bond donors (Lipinski definition) is 1. The van der Waals surface area contributed by atoms with Crippen molar-refractivity contribution in [2.45, 2.75) is 26.4 Å². The summed E-state index contributed by atoms with van der Waals surface area (Å²) in [6, 6.07) is 6.52. The van der Waals surface area contributed by atoms with E-state index in [1.807, 2.05) is 0 Å². The first-order valence-electron chi connectivity index (χ1n) is 7.68. The Morgan fingerprint density at radius 3 is 2.58 bits per heavy atom. The Labute approximate surface area is 138 Å². The SMILES string of the molecule is CC(C)CCNC(=O)c1cncc(-c2cccc(C(F)(F)F)c2)c1. The maximum atomic E-state index is 12.8. The minimum Gasteiger partial charge on any atom is -0.352 e. The van der Waals surface area contributed by atoms with E-state index in [9.17, 15) is 18.0 Å². The Balaban J connectivity index is 2.20. The first-order chi connectivity index (χ1) is 11.3. The normalized spacial score (nSPS) is 11.6. The molecular weight excluding hydrogens is 317 g/mol. The van der Waals surface area contributed by atoms with E-state index in [-0.39, 0.29) is 5.91 Å². The van der Waals surface area contributed by atoms with Gasteiger partial charge in [-0.25, -0.2) is 0 Å². The molecule has 0 radical (unpaired) electrons. The summed E-state index contributed by atoms with van der Waals surface area (Å²) >= 11 is 0. The molecule has 128 valence electrons. The highest BCUT2D eigenvalue weighted by molar-refractivity contribution is 5.95. The number of carbonyl (C=O) groups is 1. The molecule has 0 aliphatic heterocycles. The number of benzene rings is 1. The van der Waals surface area contributed by atoms with Crippen molar-refractivity contribution >= 4 is 5.91 Å². The number of pyridine rings is 1. The third-order valence-electron chi connectivity index (χ3n) is 3.53. The number of alkyl halides is 3. The van der Waals surface area contributed by atoms with E-state index in [0.29, 0.717) is 29.2 Å². The van der Waals surface area contributed by atoms with Gasteiger partial charge in [0.25, 0.3) is 5.91 Å². The summed E-state index contributed by atoms with van der Waals surface area (Å²) in [5, 5.41) is 2.79. The van der Waals surface area contributed by atoms with Crippen LogP contribution in [-0.4, -0.2) is 17.4 Å². The van der Waals surface area contributed by atoms with E-state index in [4.69, 9.17) is 0 Å². The van der Waals surface area contributed by atoms with Crippen LogP contribution in [0.4, 0.5) is 13.2 Å². The second-order valence-electron chi connectivity index (χ2n) is 5.98. The van der Waals surface area contributed by atoms with Gasteiger partial charge < -0.3 is 5.32 Å². The van der Waals surface area contributed by atoms with Crippen molar-refractivity contribution in [3.8, 4) is 11.1 Å². The fraction of sp³-hybridized carbons (Fsp3) is 0.333. The number of nitrogens with one attached hydrogen (secondary N) is 1. The molecule has 1 amide bonds. The fourth-order valence-corrected chi connectivity index (χ4v) is 2.17. The van der Waals surface area contributed by atoms with Crippen LogP contribution in [0.1, 0.15) is 36.2 Å². The molecule has 0 saturated carbocycles. The Hall–Kier alpha value is -2.37. The number of rotatable bonds is 5. The van der Waals surface area contributed by atoms with Crippen LogP contribution in [0, 0.1) is 5.92 Å². The van der Waals surface area contributed by atoms with Crippen LogP contribution in [0.15, 0.2) is 42.7 Å². The maximum absolute atomic E-state index is 12.8. The summed E-state index contributed by atoms with van der Waals surface area (Å²) in [7, 11) is 0. The molecule has 0 fully saturated rings. The van der Waals surface area contributed by atoms with Crippen LogP contribution in [0.5, 0.6) is 0 Å². The first kappa shape index (κ1) is 18.0. The second-order valence-corrected chi connectivity index (χ2v) is 5.98. The summed E-state index contributed by atoms with van der Waals surface area (Å²) in [5.41, 5.74) is 0.437. The third kappa shape index (κ3) is 4.81. The lowest BCUT2D eigenvalue weighted by atomic mass is 10.0. The molecule has 1 aromatic carbocycles. The van der Waals surface area contributed by atoms with Gasteiger partial charge in [0.1, 0.15) is 0 Å². The second kappa shape index (κ2) is 7.47. The predicted molar refractivity (Wildman–Crippen MR) is 86.5 cm³/mol. The molecule has 3 nitrogen and oxygen atoms in total. The van der Waals surface area contributed by atoms with Gasteiger partial charge in [-0.1, -0.05) is 26.0 Å². The van der Waals surface area contributed by atoms with Crippen LogP contribution < -0.4 is 5.32 Å². The van der Waals surface area contributed by atoms with Crippen LogP contribution in [0.3, 0.4) is 0 Å². The quantitative estimate of drug-likeness (QED) is 0.871. The average molecular weight is 336 g/mol. The molecule has 1 N–H and O–H groups in total. The van der Waals surface area contributed by atoms with Gasteiger partial charge in [-0.15, -0.1) is 0 Å². The molecule has 2 rings (SSSR count). The van der Waals surface area contributed by atoms with E-state index in [1.165, 1.54) is 18.5 Å². The summed E-state index contributed by atoms with van der Waals surface area (Å²) in [5.74, 6) is 0.192. The van der Waals surface area contributed by atoms with Crippen molar-refractivity contribution in [3.63, 3.8) is 0 Å². The highest BCUT2D eigenvalue weighted by atomic mass is 19.4. The molecule has 0 spiro atoms. The van der Waals surface area contributed by atoms with E-state index < -0.39 is 11.7 Å². The number of halogens is 3. The van der Waals surface area contributed by atoms with Gasteiger partial charge in [-0.2, -0.15) is 13.2 Å². The molecule has 1 aromatic heterocycles. The standard InChI is InChI=1S/C18H19F3N2O/c1-12(2)6-7-23-17(24)15-8-14(10-22-11-15)13-4-3-5-16(9-13)18(19,20)21/h3-5,8-12H,6-7H2,1-2H3,(H,23,24). The largest absolute Gasteiger partial charge is 0.416 e. The molecule has 0 aliphatic carbocycles. The van der Waals surface area contributed by atoms with E-state index >= 15 is 0 Å². The number of amides is 1. The summed E-state index contributed by atoms with van der Waals surface area (Å²) in [4.78, 5) is 16.1. The molecule has 0 atom stereocenters. The predicted octanol–water partition coefficient (Wildman–Crippen LogP) is 4.54. The molecule has 0 saturated heterocycles. The lowest BCUT2D eigenvalue weighted by Gasteiger charge is -2.10. The lowest BCUT2D eigenvalue weighted by Crippen LogP contribution is -2.25. The zero-order valence-corrected chi connectivity index (χ0v) is 13.5. The Kier molecular flexibility index (Phi) is 5.59. The highest BCUT2D eigenvalue weighted by Crippen LogP contribution is 2.32. The monoisotopic (exact) mass is 336 g/mol. The van der Waals surface area contributed by atoms with Gasteiger partial charge in [-0.05, 0) is 36.1 Å². The van der Waals surface area contributed by atoms with Crippen molar-refractivity contribution in [2.24, 2.45) is 5.92 Å². The minimum atomic E-state index is -4.41. The summed E-state index contributed by atoms with van der Waals surface area (Å²) < 4.78 is 38.4. The Morgan fingerprint density at radius 1 is 1.17 bits per heavy atom. The van der Waals surface area contributed by atoms with Crippen molar-refractivity contribution in [2.75, 3.05) is 6.54 Å². The van der Waals surface area contributed by atoms with Gasteiger partial charge in [0.05, 0.1) is 11.1 Å². The van der Waals surface area contributed by atoms with E-state index in [0.717, 1.165) is 18.6 Å². The zero-order valence-electron chi connectivity index (χ0n) is 13.5. The number of hydrogen-bond acceptors (Lipinski definition) is 2. The molecule has 2 aromatic rings. The van der Waals surface area contributed by atoms with Crippen molar-refractivity contribution < 1.29 is 18.0 Å². The van der Waals surface area contributed by atoms with Crippen molar-refractivity contribution in [1.82, 2.24) is 10.3 Å².